The standard InChI is InChI=1S/C31H43NO4Si/c1-4-6-8-17-24-32(3)29(33)28-22-15-16-23-31(28,30(34)35)36-37(25-7-5-2,26-18-11-9-12-19-26)27-20-13-10-14-21-27/h4,9-14,18-21,28H,1,5-8,15-17,22-25H2,2-3H3,(H,34,35). The van der Waals surface area contributed by atoms with E-state index >= 15 is 0 Å². The summed E-state index contributed by atoms with van der Waals surface area (Å²) in [5, 5.41) is 13.0. The second-order valence-corrected chi connectivity index (χ2v) is 13.8. The Kier molecular flexibility index (Phi) is 10.7. The Morgan fingerprint density at radius 2 is 1.68 bits per heavy atom. The van der Waals surface area contributed by atoms with E-state index in [1.807, 2.05) is 42.5 Å². The zero-order chi connectivity index (χ0) is 26.7. The number of benzene rings is 2. The van der Waals surface area contributed by atoms with Gasteiger partial charge in [0.25, 0.3) is 8.32 Å². The molecule has 0 radical (unpaired) electrons. The van der Waals surface area contributed by atoms with Gasteiger partial charge in [0, 0.05) is 13.6 Å². The fourth-order valence-corrected chi connectivity index (χ4v) is 10.2. The van der Waals surface area contributed by atoms with E-state index in [-0.39, 0.29) is 5.91 Å². The molecule has 2 aromatic carbocycles. The van der Waals surface area contributed by atoms with Crippen LogP contribution in [0.3, 0.4) is 0 Å². The minimum atomic E-state index is -3.01. The van der Waals surface area contributed by atoms with Crippen LogP contribution >= 0.6 is 0 Å². The third-order valence-corrected chi connectivity index (χ3v) is 12.1. The molecular weight excluding hydrogens is 478 g/mol. The summed E-state index contributed by atoms with van der Waals surface area (Å²) < 4.78 is 7.21. The van der Waals surface area contributed by atoms with Crippen molar-refractivity contribution < 1.29 is 19.1 Å². The number of carboxylic acid groups (broad SMARTS) is 1. The molecule has 0 spiro atoms. The zero-order valence-corrected chi connectivity index (χ0v) is 23.5. The van der Waals surface area contributed by atoms with Crippen LogP contribution in [0.25, 0.3) is 0 Å². The molecule has 2 atom stereocenters. The molecular formula is C31H43NO4Si. The second-order valence-electron chi connectivity index (χ2n) is 10.3. The highest BCUT2D eigenvalue weighted by molar-refractivity contribution is 6.97. The molecule has 1 fully saturated rings. The van der Waals surface area contributed by atoms with Crippen LogP contribution in [0, 0.1) is 5.92 Å². The lowest BCUT2D eigenvalue weighted by Crippen LogP contribution is -2.69. The summed E-state index contributed by atoms with van der Waals surface area (Å²) in [7, 11) is -1.21. The van der Waals surface area contributed by atoms with E-state index in [0.29, 0.717) is 19.4 Å². The van der Waals surface area contributed by atoms with Crippen LogP contribution in [0.2, 0.25) is 6.04 Å². The summed E-state index contributed by atoms with van der Waals surface area (Å²) in [5.41, 5.74) is -1.55. The first-order valence-corrected chi connectivity index (χ1v) is 15.9. The molecule has 0 aliphatic heterocycles. The van der Waals surface area contributed by atoms with E-state index in [9.17, 15) is 14.7 Å². The Hall–Kier alpha value is -2.70. The lowest BCUT2D eigenvalue weighted by Gasteiger charge is -2.47. The molecule has 0 heterocycles. The number of unbranched alkanes of at least 4 members (excludes halogenated alkanes) is 3. The largest absolute Gasteiger partial charge is 0.479 e. The molecule has 2 aromatic rings. The SMILES string of the molecule is C=CCCCCN(C)C(=O)C1CCCCC1(O[Si](CCCC)(c1ccccc1)c1ccccc1)C(=O)O. The predicted molar refractivity (Wildman–Crippen MR) is 153 cm³/mol. The van der Waals surface area contributed by atoms with Gasteiger partial charge in [-0.15, -0.1) is 6.58 Å². The van der Waals surface area contributed by atoms with Gasteiger partial charge in [0.2, 0.25) is 5.91 Å². The molecule has 1 amide bonds. The number of nitrogens with zero attached hydrogens (tertiary/aromatic N) is 1. The number of rotatable bonds is 14. The van der Waals surface area contributed by atoms with E-state index < -0.39 is 25.8 Å². The zero-order valence-electron chi connectivity index (χ0n) is 22.5. The smallest absolute Gasteiger partial charge is 0.335 e. The third-order valence-electron chi connectivity index (χ3n) is 7.76. The Labute approximate surface area is 223 Å². The van der Waals surface area contributed by atoms with Crippen molar-refractivity contribution in [2.45, 2.75) is 76.4 Å². The number of aliphatic carboxylic acids is 1. The molecule has 200 valence electrons. The number of carboxylic acids is 1. The Morgan fingerprint density at radius 1 is 1.05 bits per heavy atom. The predicted octanol–water partition coefficient (Wildman–Crippen LogP) is 5.39. The Morgan fingerprint density at radius 3 is 2.22 bits per heavy atom. The molecule has 3 rings (SSSR count). The van der Waals surface area contributed by atoms with Crippen molar-refractivity contribution in [3.05, 3.63) is 73.3 Å². The summed E-state index contributed by atoms with van der Waals surface area (Å²) in [6.07, 6.45) is 8.98. The van der Waals surface area contributed by atoms with E-state index in [1.165, 1.54) is 0 Å². The minimum Gasteiger partial charge on any atom is -0.479 e. The number of carbonyl (C=O) groups is 2. The van der Waals surface area contributed by atoms with Crippen LogP contribution in [-0.2, 0) is 14.0 Å². The quantitative estimate of drug-likeness (QED) is 0.206. The van der Waals surface area contributed by atoms with Crippen molar-refractivity contribution in [1.29, 1.82) is 0 Å². The van der Waals surface area contributed by atoms with Gasteiger partial charge in [-0.05, 0) is 54.9 Å². The molecule has 2 unspecified atom stereocenters. The van der Waals surface area contributed by atoms with Gasteiger partial charge in [-0.1, -0.05) is 92.9 Å². The molecule has 0 bridgehead atoms. The molecule has 6 heteroatoms. The number of allylic oxidation sites excluding steroid dienone is 1. The molecule has 0 aromatic heterocycles. The number of amides is 1. The molecule has 0 saturated heterocycles. The molecule has 37 heavy (non-hydrogen) atoms. The van der Waals surface area contributed by atoms with Crippen molar-refractivity contribution >= 4 is 30.6 Å². The second kappa shape index (κ2) is 13.7. The normalized spacial score (nSPS) is 19.8. The Bertz CT molecular complexity index is 973. The molecule has 1 aliphatic carbocycles. The van der Waals surface area contributed by atoms with Gasteiger partial charge in [0.05, 0.1) is 5.92 Å². The summed E-state index contributed by atoms with van der Waals surface area (Å²) in [4.78, 5) is 28.8. The summed E-state index contributed by atoms with van der Waals surface area (Å²) >= 11 is 0. The number of carbonyl (C=O) groups excluding carboxylic acids is 1. The highest BCUT2D eigenvalue weighted by Gasteiger charge is 2.57. The average molecular weight is 522 g/mol. The van der Waals surface area contributed by atoms with Crippen LogP contribution in [0.4, 0.5) is 0 Å². The van der Waals surface area contributed by atoms with Gasteiger partial charge >= 0.3 is 5.97 Å². The highest BCUT2D eigenvalue weighted by atomic mass is 28.4. The van der Waals surface area contributed by atoms with Crippen molar-refractivity contribution in [1.82, 2.24) is 4.90 Å². The molecule has 5 nitrogen and oxygen atoms in total. The fraction of sp³-hybridized carbons (Fsp3) is 0.484. The van der Waals surface area contributed by atoms with Crippen molar-refractivity contribution in [2.75, 3.05) is 13.6 Å². The van der Waals surface area contributed by atoms with Gasteiger partial charge in [-0.3, -0.25) is 4.79 Å². The van der Waals surface area contributed by atoms with Crippen LogP contribution in [0.5, 0.6) is 0 Å². The Balaban J connectivity index is 2.08. The first-order valence-electron chi connectivity index (χ1n) is 13.8. The van der Waals surface area contributed by atoms with Crippen LogP contribution in [0.1, 0.15) is 64.7 Å². The van der Waals surface area contributed by atoms with Gasteiger partial charge in [0.1, 0.15) is 0 Å². The van der Waals surface area contributed by atoms with E-state index in [4.69, 9.17) is 4.43 Å². The van der Waals surface area contributed by atoms with Crippen molar-refractivity contribution in [3.63, 3.8) is 0 Å². The minimum absolute atomic E-state index is 0.111. The highest BCUT2D eigenvalue weighted by Crippen LogP contribution is 2.41. The van der Waals surface area contributed by atoms with Crippen LogP contribution < -0.4 is 10.4 Å². The molecule has 1 N–H and O–H groups in total. The monoisotopic (exact) mass is 521 g/mol. The topological polar surface area (TPSA) is 66.8 Å². The molecule has 1 saturated carbocycles. The first-order chi connectivity index (χ1) is 17.9. The molecule has 1 aliphatic rings. The van der Waals surface area contributed by atoms with Crippen LogP contribution in [-0.4, -0.2) is 49.4 Å². The maximum absolute atomic E-state index is 13.8. The first kappa shape index (κ1) is 28.9. The summed E-state index contributed by atoms with van der Waals surface area (Å²) in [5.74, 6) is -1.82. The van der Waals surface area contributed by atoms with Gasteiger partial charge in [-0.2, -0.15) is 0 Å². The van der Waals surface area contributed by atoms with Crippen LogP contribution in [0.15, 0.2) is 73.3 Å². The van der Waals surface area contributed by atoms with Crippen molar-refractivity contribution in [3.8, 4) is 0 Å². The van der Waals surface area contributed by atoms with E-state index in [0.717, 1.165) is 61.4 Å². The van der Waals surface area contributed by atoms with Gasteiger partial charge < -0.3 is 14.4 Å². The lowest BCUT2D eigenvalue weighted by atomic mass is 9.74. The van der Waals surface area contributed by atoms with E-state index in [1.54, 1.807) is 11.9 Å². The third kappa shape index (κ3) is 6.60. The maximum Gasteiger partial charge on any atom is 0.335 e. The van der Waals surface area contributed by atoms with E-state index in [2.05, 4.69) is 37.8 Å². The fourth-order valence-electron chi connectivity index (χ4n) is 5.68. The average Bonchev–Trinajstić information content (AvgIpc) is 2.94. The van der Waals surface area contributed by atoms with Gasteiger partial charge in [0.15, 0.2) is 5.60 Å². The maximum atomic E-state index is 13.8. The lowest BCUT2D eigenvalue weighted by molar-refractivity contribution is -0.172. The number of hydrogen-bond acceptors (Lipinski definition) is 3. The number of hydrogen-bond donors (Lipinski definition) is 1. The summed E-state index contributed by atoms with van der Waals surface area (Å²) in [6, 6.07) is 21.1. The van der Waals surface area contributed by atoms with Crippen molar-refractivity contribution in [2.24, 2.45) is 5.92 Å². The summed E-state index contributed by atoms with van der Waals surface area (Å²) in [6.45, 7) is 6.53. The van der Waals surface area contributed by atoms with Gasteiger partial charge in [-0.25, -0.2) is 4.79 Å².